The molecule has 0 atom stereocenters. The number of rotatable bonds is 4. The highest BCUT2D eigenvalue weighted by Gasteiger charge is 2.33. The number of aromatic nitrogens is 1. The summed E-state index contributed by atoms with van der Waals surface area (Å²) >= 11 is 0. The Morgan fingerprint density at radius 2 is 2.29 bits per heavy atom. The van der Waals surface area contributed by atoms with Gasteiger partial charge in [-0.1, -0.05) is 0 Å². The number of hydrogen-bond acceptors (Lipinski definition) is 4. The van der Waals surface area contributed by atoms with E-state index in [2.05, 4.69) is 4.98 Å². The minimum absolute atomic E-state index is 0.280. The van der Waals surface area contributed by atoms with Crippen molar-refractivity contribution in [2.45, 2.75) is 26.3 Å². The van der Waals surface area contributed by atoms with Gasteiger partial charge in [0.1, 0.15) is 17.3 Å². The van der Waals surface area contributed by atoms with Gasteiger partial charge in [0.05, 0.1) is 0 Å². The first kappa shape index (κ1) is 13.0. The van der Waals surface area contributed by atoms with Crippen molar-refractivity contribution in [3.63, 3.8) is 0 Å². The zero-order chi connectivity index (χ0) is 13.1. The molecule has 0 aliphatic heterocycles. The summed E-state index contributed by atoms with van der Waals surface area (Å²) in [6, 6.07) is 5.24. The van der Waals surface area contributed by atoms with Gasteiger partial charge in [-0.25, -0.2) is 9.78 Å². The van der Waals surface area contributed by atoms with Crippen LogP contribution in [-0.2, 0) is 4.79 Å². The Bertz CT molecular complexity index is 463. The molecule has 0 saturated heterocycles. The van der Waals surface area contributed by atoms with Crippen LogP contribution in [0.3, 0.4) is 0 Å². The first-order valence-corrected chi connectivity index (χ1v) is 5.30. The molecule has 0 saturated carbocycles. The van der Waals surface area contributed by atoms with Crippen LogP contribution < -0.4 is 4.90 Å². The molecule has 0 aromatic carbocycles. The summed E-state index contributed by atoms with van der Waals surface area (Å²) in [5.41, 5.74) is -0.0587. The summed E-state index contributed by atoms with van der Waals surface area (Å²) in [4.78, 5) is 16.8. The van der Waals surface area contributed by atoms with E-state index in [0.717, 1.165) is 0 Å². The molecule has 17 heavy (non-hydrogen) atoms. The summed E-state index contributed by atoms with van der Waals surface area (Å²) < 4.78 is 0. The predicted molar refractivity (Wildman–Crippen MR) is 63.7 cm³/mol. The van der Waals surface area contributed by atoms with Crippen molar-refractivity contribution < 1.29 is 9.90 Å². The highest BCUT2D eigenvalue weighted by molar-refractivity contribution is 5.82. The molecule has 5 heteroatoms. The van der Waals surface area contributed by atoms with Gasteiger partial charge in [-0.05, 0) is 32.9 Å². The second kappa shape index (κ2) is 4.83. The van der Waals surface area contributed by atoms with Crippen molar-refractivity contribution in [3.05, 3.63) is 24.0 Å². The monoisotopic (exact) mass is 233 g/mol. The second-order valence-corrected chi connectivity index (χ2v) is 4.12. The lowest BCUT2D eigenvalue weighted by atomic mass is 10.0. The number of carboxylic acid groups (broad SMARTS) is 1. The smallest absolute Gasteiger partial charge is 0.328 e. The number of nitrogens with zero attached hydrogens (tertiary/aromatic N) is 3. The van der Waals surface area contributed by atoms with Crippen LogP contribution in [0.4, 0.5) is 5.69 Å². The SMILES string of the molecule is CCN(c1ccnc(C#N)c1)C(C)(C)C(=O)O. The molecular weight excluding hydrogens is 218 g/mol. The Kier molecular flexibility index (Phi) is 3.69. The Labute approximate surface area is 100 Å². The van der Waals surface area contributed by atoms with Gasteiger partial charge >= 0.3 is 5.97 Å². The average molecular weight is 233 g/mol. The first-order chi connectivity index (χ1) is 7.93. The van der Waals surface area contributed by atoms with E-state index in [4.69, 9.17) is 5.26 Å². The lowest BCUT2D eigenvalue weighted by Gasteiger charge is -2.36. The van der Waals surface area contributed by atoms with Crippen LogP contribution in [0.5, 0.6) is 0 Å². The van der Waals surface area contributed by atoms with E-state index in [0.29, 0.717) is 12.2 Å². The summed E-state index contributed by atoms with van der Waals surface area (Å²) in [5.74, 6) is -0.908. The third-order valence-electron chi connectivity index (χ3n) is 2.68. The standard InChI is InChI=1S/C12H15N3O2/c1-4-15(12(2,3)11(16)17)10-5-6-14-9(7-10)8-13/h5-7H,4H2,1-3H3,(H,16,17). The molecule has 0 fully saturated rings. The van der Waals surface area contributed by atoms with Crippen molar-refractivity contribution in [1.82, 2.24) is 4.98 Å². The van der Waals surface area contributed by atoms with Crippen LogP contribution in [0.25, 0.3) is 0 Å². The van der Waals surface area contributed by atoms with Gasteiger partial charge in [0, 0.05) is 18.4 Å². The molecule has 90 valence electrons. The van der Waals surface area contributed by atoms with E-state index in [9.17, 15) is 9.90 Å². The number of aliphatic carboxylic acids is 1. The Hall–Kier alpha value is -2.09. The molecule has 1 aromatic rings. The highest BCUT2D eigenvalue weighted by Crippen LogP contribution is 2.24. The number of carboxylic acids is 1. The molecule has 1 heterocycles. The number of nitriles is 1. The maximum absolute atomic E-state index is 11.2. The van der Waals surface area contributed by atoms with Gasteiger partial charge in [0.2, 0.25) is 0 Å². The second-order valence-electron chi connectivity index (χ2n) is 4.12. The van der Waals surface area contributed by atoms with E-state index in [-0.39, 0.29) is 5.69 Å². The molecular formula is C12H15N3O2. The molecule has 1 rings (SSSR count). The zero-order valence-electron chi connectivity index (χ0n) is 10.1. The Morgan fingerprint density at radius 1 is 1.65 bits per heavy atom. The quantitative estimate of drug-likeness (QED) is 0.855. The Balaban J connectivity index is 3.19. The van der Waals surface area contributed by atoms with Crippen LogP contribution in [0.2, 0.25) is 0 Å². The minimum atomic E-state index is -1.02. The van der Waals surface area contributed by atoms with Crippen LogP contribution >= 0.6 is 0 Å². The summed E-state index contributed by atoms with van der Waals surface area (Å²) in [7, 11) is 0. The molecule has 0 aliphatic carbocycles. The maximum atomic E-state index is 11.2. The van der Waals surface area contributed by atoms with E-state index >= 15 is 0 Å². The van der Waals surface area contributed by atoms with Crippen molar-refractivity contribution in [1.29, 1.82) is 5.26 Å². The third kappa shape index (κ3) is 2.53. The molecule has 0 bridgehead atoms. The van der Waals surface area contributed by atoms with Crippen molar-refractivity contribution >= 4 is 11.7 Å². The van der Waals surface area contributed by atoms with E-state index in [1.807, 2.05) is 13.0 Å². The maximum Gasteiger partial charge on any atom is 0.328 e. The largest absolute Gasteiger partial charge is 0.480 e. The van der Waals surface area contributed by atoms with E-state index in [1.165, 1.54) is 6.20 Å². The van der Waals surface area contributed by atoms with Gasteiger partial charge < -0.3 is 10.0 Å². The highest BCUT2D eigenvalue weighted by atomic mass is 16.4. The van der Waals surface area contributed by atoms with Crippen LogP contribution in [0.1, 0.15) is 26.5 Å². The lowest BCUT2D eigenvalue weighted by molar-refractivity contribution is -0.142. The van der Waals surface area contributed by atoms with Gasteiger partial charge in [-0.15, -0.1) is 0 Å². The molecule has 0 radical (unpaired) electrons. The number of hydrogen-bond donors (Lipinski definition) is 1. The molecule has 1 N–H and O–H groups in total. The summed E-state index contributed by atoms with van der Waals surface area (Å²) in [6.45, 7) is 5.67. The van der Waals surface area contributed by atoms with E-state index < -0.39 is 11.5 Å². The molecule has 0 aliphatic rings. The van der Waals surface area contributed by atoms with E-state index in [1.54, 1.807) is 30.9 Å². The molecule has 0 unspecified atom stereocenters. The average Bonchev–Trinajstić information content (AvgIpc) is 2.29. The fraction of sp³-hybridized carbons (Fsp3) is 0.417. The number of pyridine rings is 1. The molecule has 0 amide bonds. The first-order valence-electron chi connectivity index (χ1n) is 5.30. The van der Waals surface area contributed by atoms with Gasteiger partial charge in [-0.2, -0.15) is 5.26 Å². The summed E-state index contributed by atoms with van der Waals surface area (Å²) in [6.07, 6.45) is 1.51. The van der Waals surface area contributed by atoms with Crippen molar-refractivity contribution in [2.75, 3.05) is 11.4 Å². The van der Waals surface area contributed by atoms with Crippen molar-refractivity contribution in [2.24, 2.45) is 0 Å². The summed E-state index contributed by atoms with van der Waals surface area (Å²) in [5, 5.41) is 18.0. The van der Waals surface area contributed by atoms with Gasteiger partial charge in [0.15, 0.2) is 0 Å². The van der Waals surface area contributed by atoms with Crippen molar-refractivity contribution in [3.8, 4) is 6.07 Å². The van der Waals surface area contributed by atoms with Gasteiger partial charge in [-0.3, -0.25) is 0 Å². The number of carbonyl (C=O) groups is 1. The third-order valence-corrected chi connectivity index (χ3v) is 2.68. The van der Waals surface area contributed by atoms with Gasteiger partial charge in [0.25, 0.3) is 0 Å². The Morgan fingerprint density at radius 3 is 2.76 bits per heavy atom. The minimum Gasteiger partial charge on any atom is -0.480 e. The lowest BCUT2D eigenvalue weighted by Crippen LogP contribution is -2.50. The molecule has 5 nitrogen and oxygen atoms in total. The zero-order valence-corrected chi connectivity index (χ0v) is 10.1. The van der Waals surface area contributed by atoms with Crippen LogP contribution in [0.15, 0.2) is 18.3 Å². The topological polar surface area (TPSA) is 77.2 Å². The normalized spacial score (nSPS) is 10.7. The fourth-order valence-corrected chi connectivity index (χ4v) is 1.66. The fourth-order valence-electron chi connectivity index (χ4n) is 1.66. The number of anilines is 1. The molecule has 1 aromatic heterocycles. The predicted octanol–water partition coefficient (Wildman–Crippen LogP) is 1.64. The molecule has 0 spiro atoms. The van der Waals surface area contributed by atoms with Crippen LogP contribution in [-0.4, -0.2) is 28.1 Å². The van der Waals surface area contributed by atoms with Crippen LogP contribution in [0, 0.1) is 11.3 Å². The number of likely N-dealkylation sites (N-methyl/N-ethyl adjacent to an activating group) is 1.